The van der Waals surface area contributed by atoms with Crippen molar-refractivity contribution in [3.63, 3.8) is 0 Å². The lowest BCUT2D eigenvalue weighted by Gasteiger charge is -2.24. The number of carboxylic acid groups (broad SMARTS) is 1. The molecule has 0 saturated heterocycles. The molecule has 0 aliphatic heterocycles. The quantitative estimate of drug-likeness (QED) is 0.855. The van der Waals surface area contributed by atoms with Crippen LogP contribution in [-0.2, 0) is 0 Å². The molecule has 2 aromatic carbocycles. The van der Waals surface area contributed by atoms with Crippen molar-refractivity contribution in [3.8, 4) is 16.9 Å². The SMILES string of the molecule is O=C(O)c1c(-c2ccccc2)ccc(C2CCCCC2)c1O. The molecule has 114 valence electrons. The number of hydrogen-bond donors (Lipinski definition) is 2. The van der Waals surface area contributed by atoms with E-state index in [4.69, 9.17) is 0 Å². The third-order valence-electron chi connectivity index (χ3n) is 4.55. The molecule has 2 N–H and O–H groups in total. The van der Waals surface area contributed by atoms with Gasteiger partial charge in [-0.25, -0.2) is 4.79 Å². The Labute approximate surface area is 130 Å². The number of phenols is 1. The van der Waals surface area contributed by atoms with Gasteiger partial charge in [-0.15, -0.1) is 0 Å². The van der Waals surface area contributed by atoms with E-state index in [0.717, 1.165) is 36.8 Å². The predicted molar refractivity (Wildman–Crippen MR) is 86.3 cm³/mol. The molecule has 0 atom stereocenters. The van der Waals surface area contributed by atoms with Gasteiger partial charge in [-0.1, -0.05) is 61.7 Å². The molecule has 0 amide bonds. The summed E-state index contributed by atoms with van der Waals surface area (Å²) in [6, 6.07) is 13.1. The fourth-order valence-electron chi connectivity index (χ4n) is 3.43. The highest BCUT2D eigenvalue weighted by molar-refractivity contribution is 5.99. The van der Waals surface area contributed by atoms with Crippen LogP contribution in [0.1, 0.15) is 53.9 Å². The van der Waals surface area contributed by atoms with E-state index in [1.165, 1.54) is 6.42 Å². The zero-order valence-corrected chi connectivity index (χ0v) is 12.5. The largest absolute Gasteiger partial charge is 0.507 e. The maximum absolute atomic E-state index is 11.7. The smallest absolute Gasteiger partial charge is 0.340 e. The first-order valence-corrected chi connectivity index (χ1v) is 7.83. The highest BCUT2D eigenvalue weighted by Crippen LogP contribution is 2.41. The van der Waals surface area contributed by atoms with E-state index in [-0.39, 0.29) is 17.2 Å². The molecule has 3 nitrogen and oxygen atoms in total. The van der Waals surface area contributed by atoms with Gasteiger partial charge in [-0.2, -0.15) is 0 Å². The number of aromatic carboxylic acids is 1. The van der Waals surface area contributed by atoms with Crippen LogP contribution < -0.4 is 0 Å². The van der Waals surface area contributed by atoms with Crippen LogP contribution in [0.15, 0.2) is 42.5 Å². The standard InChI is InChI=1S/C19H20O3/c20-18-16(14-9-5-2-6-10-14)12-11-15(17(18)19(21)22)13-7-3-1-4-8-13/h1,3-4,7-8,11-12,14,20H,2,5-6,9-10H2,(H,21,22). The van der Waals surface area contributed by atoms with Crippen molar-refractivity contribution in [2.75, 3.05) is 0 Å². The van der Waals surface area contributed by atoms with Gasteiger partial charge >= 0.3 is 5.97 Å². The topological polar surface area (TPSA) is 57.5 Å². The van der Waals surface area contributed by atoms with E-state index in [9.17, 15) is 15.0 Å². The minimum atomic E-state index is -1.07. The Morgan fingerprint density at radius 3 is 2.27 bits per heavy atom. The number of carbonyl (C=O) groups is 1. The summed E-state index contributed by atoms with van der Waals surface area (Å²) in [4.78, 5) is 11.7. The van der Waals surface area contributed by atoms with Crippen LogP contribution in [0.25, 0.3) is 11.1 Å². The highest BCUT2D eigenvalue weighted by Gasteiger charge is 2.25. The Hall–Kier alpha value is -2.29. The van der Waals surface area contributed by atoms with Crippen molar-refractivity contribution in [3.05, 3.63) is 53.6 Å². The van der Waals surface area contributed by atoms with Crippen molar-refractivity contribution in [2.24, 2.45) is 0 Å². The summed E-state index contributed by atoms with van der Waals surface area (Å²) in [5.74, 6) is -0.855. The molecule has 0 heterocycles. The van der Waals surface area contributed by atoms with Crippen LogP contribution in [0.3, 0.4) is 0 Å². The van der Waals surface area contributed by atoms with Crippen LogP contribution in [0.5, 0.6) is 5.75 Å². The molecule has 0 bridgehead atoms. The Morgan fingerprint density at radius 2 is 1.64 bits per heavy atom. The van der Waals surface area contributed by atoms with Crippen molar-refractivity contribution in [2.45, 2.75) is 38.0 Å². The molecule has 1 aliphatic carbocycles. The lowest BCUT2D eigenvalue weighted by molar-refractivity contribution is 0.0694. The van der Waals surface area contributed by atoms with E-state index in [2.05, 4.69) is 0 Å². The number of aromatic hydroxyl groups is 1. The first kappa shape index (κ1) is 14.6. The second-order valence-corrected chi connectivity index (χ2v) is 5.93. The molecule has 0 unspecified atom stereocenters. The van der Waals surface area contributed by atoms with Crippen LogP contribution in [0.2, 0.25) is 0 Å². The van der Waals surface area contributed by atoms with Crippen molar-refractivity contribution < 1.29 is 15.0 Å². The summed E-state index contributed by atoms with van der Waals surface area (Å²) in [5, 5.41) is 20.1. The van der Waals surface area contributed by atoms with Gasteiger partial charge in [0.25, 0.3) is 0 Å². The Kier molecular flexibility index (Phi) is 4.14. The number of benzene rings is 2. The lowest BCUT2D eigenvalue weighted by atomic mass is 9.82. The summed E-state index contributed by atoms with van der Waals surface area (Å²) in [5.41, 5.74) is 2.20. The van der Waals surface area contributed by atoms with Crippen molar-refractivity contribution in [1.82, 2.24) is 0 Å². The van der Waals surface area contributed by atoms with E-state index in [0.29, 0.717) is 5.56 Å². The van der Waals surface area contributed by atoms with Crippen molar-refractivity contribution >= 4 is 5.97 Å². The minimum Gasteiger partial charge on any atom is -0.507 e. The fourth-order valence-corrected chi connectivity index (χ4v) is 3.43. The average molecular weight is 296 g/mol. The molecule has 1 aliphatic rings. The Balaban J connectivity index is 2.10. The first-order valence-electron chi connectivity index (χ1n) is 7.83. The van der Waals surface area contributed by atoms with E-state index in [1.54, 1.807) is 0 Å². The molecular weight excluding hydrogens is 276 g/mol. The Bertz CT molecular complexity index is 671. The molecule has 0 spiro atoms. The lowest BCUT2D eigenvalue weighted by Crippen LogP contribution is -2.08. The van der Waals surface area contributed by atoms with Crippen LogP contribution in [0.4, 0.5) is 0 Å². The van der Waals surface area contributed by atoms with Crippen LogP contribution >= 0.6 is 0 Å². The molecule has 22 heavy (non-hydrogen) atoms. The second kappa shape index (κ2) is 6.22. The summed E-state index contributed by atoms with van der Waals surface area (Å²) >= 11 is 0. The number of hydrogen-bond acceptors (Lipinski definition) is 2. The molecule has 1 fully saturated rings. The summed E-state index contributed by atoms with van der Waals surface area (Å²) in [6.45, 7) is 0. The summed E-state index contributed by atoms with van der Waals surface area (Å²) < 4.78 is 0. The van der Waals surface area contributed by atoms with Gasteiger partial charge in [0.05, 0.1) is 0 Å². The number of carboxylic acids is 1. The molecule has 3 heteroatoms. The van der Waals surface area contributed by atoms with Gasteiger partial charge in [0.2, 0.25) is 0 Å². The minimum absolute atomic E-state index is 0.0225. The fraction of sp³-hybridized carbons (Fsp3) is 0.316. The van der Waals surface area contributed by atoms with Gasteiger partial charge in [0.1, 0.15) is 11.3 Å². The van der Waals surface area contributed by atoms with E-state index in [1.807, 2.05) is 42.5 Å². The predicted octanol–water partition coefficient (Wildman–Crippen LogP) is 4.81. The summed E-state index contributed by atoms with van der Waals surface area (Å²) in [6.07, 6.45) is 5.57. The van der Waals surface area contributed by atoms with Crippen LogP contribution in [0, 0.1) is 0 Å². The van der Waals surface area contributed by atoms with Gasteiger partial charge in [0, 0.05) is 0 Å². The zero-order chi connectivity index (χ0) is 15.5. The summed E-state index contributed by atoms with van der Waals surface area (Å²) in [7, 11) is 0. The average Bonchev–Trinajstić information content (AvgIpc) is 2.55. The van der Waals surface area contributed by atoms with Crippen molar-refractivity contribution in [1.29, 1.82) is 0 Å². The van der Waals surface area contributed by atoms with Gasteiger partial charge < -0.3 is 10.2 Å². The normalized spacial score (nSPS) is 15.6. The van der Waals surface area contributed by atoms with Gasteiger partial charge in [-0.05, 0) is 35.4 Å². The molecule has 1 saturated carbocycles. The maximum atomic E-state index is 11.7. The van der Waals surface area contributed by atoms with Crippen LogP contribution in [-0.4, -0.2) is 16.2 Å². The van der Waals surface area contributed by atoms with Gasteiger partial charge in [0.15, 0.2) is 0 Å². The van der Waals surface area contributed by atoms with Gasteiger partial charge in [-0.3, -0.25) is 0 Å². The van der Waals surface area contributed by atoms with E-state index >= 15 is 0 Å². The third kappa shape index (κ3) is 2.71. The molecule has 2 aromatic rings. The first-order chi connectivity index (χ1) is 10.7. The third-order valence-corrected chi connectivity index (χ3v) is 4.55. The molecule has 0 radical (unpaired) electrons. The molecule has 3 rings (SSSR count). The molecule has 0 aromatic heterocycles. The second-order valence-electron chi connectivity index (χ2n) is 5.93. The number of rotatable bonds is 3. The highest BCUT2D eigenvalue weighted by atomic mass is 16.4. The van der Waals surface area contributed by atoms with E-state index < -0.39 is 5.97 Å². The monoisotopic (exact) mass is 296 g/mol. The molecular formula is C19H20O3. The maximum Gasteiger partial charge on any atom is 0.340 e. The zero-order valence-electron chi connectivity index (χ0n) is 12.5. The Morgan fingerprint density at radius 1 is 0.955 bits per heavy atom.